The van der Waals surface area contributed by atoms with E-state index in [2.05, 4.69) is 10.1 Å². The number of esters is 1. The van der Waals surface area contributed by atoms with Gasteiger partial charge in [-0.15, -0.1) is 12.4 Å². The van der Waals surface area contributed by atoms with Crippen molar-refractivity contribution in [3.63, 3.8) is 0 Å². The molecule has 0 aliphatic carbocycles. The number of halogens is 1. The summed E-state index contributed by atoms with van der Waals surface area (Å²) >= 11 is 0. The number of ether oxygens (including phenoxy) is 1. The normalized spacial score (nSPS) is 9.68. The topological polar surface area (TPSA) is 81.4 Å². The number of hydrogen-bond donors (Lipinski definition) is 2. The standard InChI is InChI=1S/C16H24N2O3.ClH/c1-21-16(20)6-4-2-3-5-11-18-15(19)12-13-7-9-14(17)10-8-13;/h7-10H,2-6,11-12,17H2,1H3,(H,18,19);1H. The molecule has 0 saturated carbocycles. The molecule has 1 rings (SSSR count). The molecule has 0 bridgehead atoms. The summed E-state index contributed by atoms with van der Waals surface area (Å²) in [5, 5.41) is 2.89. The van der Waals surface area contributed by atoms with Gasteiger partial charge in [0.25, 0.3) is 0 Å². The third-order valence-electron chi connectivity index (χ3n) is 3.20. The highest BCUT2D eigenvalue weighted by Crippen LogP contribution is 2.06. The summed E-state index contributed by atoms with van der Waals surface area (Å²) in [7, 11) is 1.40. The van der Waals surface area contributed by atoms with E-state index in [0.717, 1.165) is 31.2 Å². The van der Waals surface area contributed by atoms with Crippen molar-refractivity contribution in [2.45, 2.75) is 38.5 Å². The minimum atomic E-state index is -0.160. The van der Waals surface area contributed by atoms with E-state index < -0.39 is 0 Å². The largest absolute Gasteiger partial charge is 0.469 e. The molecule has 0 saturated heterocycles. The monoisotopic (exact) mass is 328 g/mol. The van der Waals surface area contributed by atoms with Crippen LogP contribution in [-0.2, 0) is 20.7 Å². The number of unbranched alkanes of at least 4 members (excludes halogenated alkanes) is 3. The molecule has 0 aliphatic heterocycles. The number of benzene rings is 1. The second-order valence-electron chi connectivity index (χ2n) is 5.01. The van der Waals surface area contributed by atoms with Crippen molar-refractivity contribution in [2.75, 3.05) is 19.4 Å². The Balaban J connectivity index is 0.00000441. The number of rotatable bonds is 9. The molecule has 0 spiro atoms. The zero-order valence-electron chi connectivity index (χ0n) is 13.0. The van der Waals surface area contributed by atoms with Crippen molar-refractivity contribution in [3.8, 4) is 0 Å². The van der Waals surface area contributed by atoms with E-state index in [9.17, 15) is 9.59 Å². The van der Waals surface area contributed by atoms with Crippen LogP contribution in [0.5, 0.6) is 0 Å². The summed E-state index contributed by atoms with van der Waals surface area (Å²) < 4.78 is 4.57. The highest BCUT2D eigenvalue weighted by atomic mass is 35.5. The van der Waals surface area contributed by atoms with E-state index in [0.29, 0.717) is 25.1 Å². The number of hydrogen-bond acceptors (Lipinski definition) is 4. The molecule has 1 amide bonds. The van der Waals surface area contributed by atoms with Crippen LogP contribution in [0.3, 0.4) is 0 Å². The maximum Gasteiger partial charge on any atom is 0.305 e. The molecule has 1 aromatic rings. The predicted molar refractivity (Wildman–Crippen MR) is 89.9 cm³/mol. The summed E-state index contributed by atoms with van der Waals surface area (Å²) in [5.41, 5.74) is 7.25. The smallest absolute Gasteiger partial charge is 0.305 e. The molecule has 0 unspecified atom stereocenters. The Bertz CT molecular complexity index is 449. The molecule has 0 radical (unpaired) electrons. The average molecular weight is 329 g/mol. The fourth-order valence-electron chi connectivity index (χ4n) is 1.96. The Labute approximate surface area is 138 Å². The predicted octanol–water partition coefficient (Wildman–Crippen LogP) is 2.47. The molecular weight excluding hydrogens is 304 g/mol. The van der Waals surface area contributed by atoms with Crippen molar-refractivity contribution < 1.29 is 14.3 Å². The Morgan fingerprint density at radius 1 is 1.09 bits per heavy atom. The van der Waals surface area contributed by atoms with Gasteiger partial charge in [-0.2, -0.15) is 0 Å². The maximum atomic E-state index is 11.7. The molecule has 5 nitrogen and oxygen atoms in total. The Morgan fingerprint density at radius 3 is 2.36 bits per heavy atom. The van der Waals surface area contributed by atoms with E-state index in [4.69, 9.17) is 5.73 Å². The zero-order valence-corrected chi connectivity index (χ0v) is 13.8. The lowest BCUT2D eigenvalue weighted by Crippen LogP contribution is -2.26. The number of nitrogens with one attached hydrogen (secondary N) is 1. The summed E-state index contributed by atoms with van der Waals surface area (Å²) in [6.07, 6.45) is 4.59. The fourth-order valence-corrected chi connectivity index (χ4v) is 1.96. The molecule has 0 atom stereocenters. The summed E-state index contributed by atoms with van der Waals surface area (Å²) in [6.45, 7) is 0.673. The van der Waals surface area contributed by atoms with Crippen molar-refractivity contribution in [1.82, 2.24) is 5.32 Å². The van der Waals surface area contributed by atoms with E-state index in [1.807, 2.05) is 12.1 Å². The van der Waals surface area contributed by atoms with Crippen LogP contribution >= 0.6 is 12.4 Å². The van der Waals surface area contributed by atoms with Crippen LogP contribution in [0.1, 0.15) is 37.7 Å². The molecule has 124 valence electrons. The van der Waals surface area contributed by atoms with Crippen LogP contribution in [0.2, 0.25) is 0 Å². The van der Waals surface area contributed by atoms with E-state index in [1.54, 1.807) is 12.1 Å². The SMILES string of the molecule is COC(=O)CCCCCCNC(=O)Cc1ccc(N)cc1.Cl. The molecule has 6 heteroatoms. The van der Waals surface area contributed by atoms with Crippen molar-refractivity contribution in [3.05, 3.63) is 29.8 Å². The highest BCUT2D eigenvalue weighted by molar-refractivity contribution is 5.85. The van der Waals surface area contributed by atoms with E-state index >= 15 is 0 Å². The maximum absolute atomic E-state index is 11.7. The molecule has 0 fully saturated rings. The Morgan fingerprint density at radius 2 is 1.73 bits per heavy atom. The zero-order chi connectivity index (χ0) is 15.5. The minimum absolute atomic E-state index is 0. The fraction of sp³-hybridized carbons (Fsp3) is 0.500. The molecule has 3 N–H and O–H groups in total. The van der Waals surface area contributed by atoms with Gasteiger partial charge in [0.05, 0.1) is 13.5 Å². The Hall–Kier alpha value is -1.75. The number of nitrogens with two attached hydrogens (primary N) is 1. The average Bonchev–Trinajstić information content (AvgIpc) is 2.48. The van der Waals surface area contributed by atoms with E-state index in [-0.39, 0.29) is 24.3 Å². The molecular formula is C16H25ClN2O3. The van der Waals surface area contributed by atoms with Gasteiger partial charge in [-0.3, -0.25) is 9.59 Å². The molecule has 1 aromatic carbocycles. The van der Waals surface area contributed by atoms with Gasteiger partial charge in [-0.05, 0) is 30.5 Å². The summed E-state index contributed by atoms with van der Waals surface area (Å²) in [5.74, 6) is -0.138. The van der Waals surface area contributed by atoms with Crippen LogP contribution in [-0.4, -0.2) is 25.5 Å². The third-order valence-corrected chi connectivity index (χ3v) is 3.20. The van der Waals surface area contributed by atoms with Gasteiger partial charge in [0.2, 0.25) is 5.91 Å². The van der Waals surface area contributed by atoms with Gasteiger partial charge < -0.3 is 15.8 Å². The molecule has 22 heavy (non-hydrogen) atoms. The van der Waals surface area contributed by atoms with Crippen molar-refractivity contribution >= 4 is 30.0 Å². The molecule has 0 aromatic heterocycles. The number of nitrogen functional groups attached to an aromatic ring is 1. The third kappa shape index (κ3) is 9.23. The lowest BCUT2D eigenvalue weighted by Gasteiger charge is -2.05. The van der Waals surface area contributed by atoms with Crippen molar-refractivity contribution in [1.29, 1.82) is 0 Å². The molecule has 0 aliphatic rings. The number of carbonyl (C=O) groups excluding carboxylic acids is 2. The van der Waals surface area contributed by atoms with Crippen molar-refractivity contribution in [2.24, 2.45) is 0 Å². The first kappa shape index (κ1) is 20.2. The van der Waals surface area contributed by atoms with Gasteiger partial charge >= 0.3 is 5.97 Å². The first-order valence-corrected chi connectivity index (χ1v) is 7.29. The summed E-state index contributed by atoms with van der Waals surface area (Å²) in [6, 6.07) is 7.32. The first-order chi connectivity index (χ1) is 10.1. The number of carbonyl (C=O) groups is 2. The molecule has 0 heterocycles. The number of amides is 1. The number of anilines is 1. The second-order valence-corrected chi connectivity index (χ2v) is 5.01. The van der Waals surface area contributed by atoms with Crippen LogP contribution in [0, 0.1) is 0 Å². The van der Waals surface area contributed by atoms with Crippen LogP contribution < -0.4 is 11.1 Å². The first-order valence-electron chi connectivity index (χ1n) is 7.29. The summed E-state index contributed by atoms with van der Waals surface area (Å²) in [4.78, 5) is 22.6. The highest BCUT2D eigenvalue weighted by Gasteiger charge is 2.03. The van der Waals surface area contributed by atoms with Gasteiger partial charge in [-0.25, -0.2) is 0 Å². The van der Waals surface area contributed by atoms with Crippen LogP contribution in [0.25, 0.3) is 0 Å². The van der Waals surface area contributed by atoms with Gasteiger partial charge in [0.1, 0.15) is 0 Å². The van der Waals surface area contributed by atoms with Crippen LogP contribution in [0.4, 0.5) is 5.69 Å². The minimum Gasteiger partial charge on any atom is -0.469 e. The van der Waals surface area contributed by atoms with Gasteiger partial charge in [0.15, 0.2) is 0 Å². The quantitative estimate of drug-likeness (QED) is 0.414. The number of methoxy groups -OCH3 is 1. The Kier molecular flexibility index (Phi) is 10.9. The second kappa shape index (κ2) is 11.9. The van der Waals surface area contributed by atoms with E-state index in [1.165, 1.54) is 7.11 Å². The lowest BCUT2D eigenvalue weighted by molar-refractivity contribution is -0.140. The van der Waals surface area contributed by atoms with Gasteiger partial charge in [0, 0.05) is 18.7 Å². The lowest BCUT2D eigenvalue weighted by atomic mass is 10.1. The van der Waals surface area contributed by atoms with Crippen LogP contribution in [0.15, 0.2) is 24.3 Å². The van der Waals surface area contributed by atoms with Gasteiger partial charge in [-0.1, -0.05) is 25.0 Å².